The maximum atomic E-state index is 4.19. The summed E-state index contributed by atoms with van der Waals surface area (Å²) in [5.74, 6) is 2.11. The van der Waals surface area contributed by atoms with Crippen LogP contribution in [0, 0.1) is 17.8 Å². The molecule has 0 aliphatic carbocycles. The van der Waals surface area contributed by atoms with Crippen LogP contribution in [0.2, 0.25) is 0 Å². The van der Waals surface area contributed by atoms with Crippen molar-refractivity contribution in [2.45, 2.75) is 47.5 Å². The van der Waals surface area contributed by atoms with Crippen molar-refractivity contribution in [3.8, 4) is 0 Å². The van der Waals surface area contributed by atoms with Crippen molar-refractivity contribution >= 4 is 0 Å². The maximum Gasteiger partial charge on any atom is -0.0209 e. The smallest absolute Gasteiger partial charge is 0.0209 e. The van der Waals surface area contributed by atoms with Crippen LogP contribution >= 0.6 is 0 Å². The molecule has 0 N–H and O–H groups in total. The van der Waals surface area contributed by atoms with E-state index >= 15 is 0 Å². The molecule has 0 saturated carbocycles. The Morgan fingerprint density at radius 2 is 1.67 bits per heavy atom. The lowest BCUT2D eigenvalue weighted by atomic mass is 9.82. The second kappa shape index (κ2) is 5.40. The summed E-state index contributed by atoms with van der Waals surface area (Å²) in [7, 11) is 0. The normalized spacial score (nSPS) is 16.2. The molecule has 2 unspecified atom stereocenters. The van der Waals surface area contributed by atoms with Gasteiger partial charge >= 0.3 is 0 Å². The van der Waals surface area contributed by atoms with E-state index in [9.17, 15) is 0 Å². The minimum Gasteiger partial charge on any atom is -0.0993 e. The van der Waals surface area contributed by atoms with Crippen LogP contribution in [0.3, 0.4) is 0 Å². The first-order valence-electron chi connectivity index (χ1n) is 5.19. The Bertz CT molecular complexity index is 133. The lowest BCUT2D eigenvalue weighted by Crippen LogP contribution is -2.12. The standard InChI is InChI=1S/C12H24/c1-7-8-10(4)12(6)11(5)9(2)3/h9-11H,6-8H2,1-5H3. The van der Waals surface area contributed by atoms with Gasteiger partial charge in [0.25, 0.3) is 0 Å². The summed E-state index contributed by atoms with van der Waals surface area (Å²) in [6.45, 7) is 15.6. The lowest BCUT2D eigenvalue weighted by molar-refractivity contribution is 0.424. The number of hydrogen-bond acceptors (Lipinski definition) is 0. The maximum absolute atomic E-state index is 4.19. The largest absolute Gasteiger partial charge is 0.0993 e. The molecule has 0 aromatic heterocycles. The summed E-state index contributed by atoms with van der Waals surface area (Å²) in [6, 6.07) is 0. The Balaban J connectivity index is 4.00. The molecule has 0 aromatic rings. The second-order valence-corrected chi connectivity index (χ2v) is 4.30. The highest BCUT2D eigenvalue weighted by Crippen LogP contribution is 2.27. The van der Waals surface area contributed by atoms with Crippen LogP contribution in [-0.4, -0.2) is 0 Å². The van der Waals surface area contributed by atoms with Crippen molar-refractivity contribution in [3.63, 3.8) is 0 Å². The molecule has 0 aliphatic heterocycles. The fourth-order valence-electron chi connectivity index (χ4n) is 1.50. The molecule has 0 aromatic carbocycles. The summed E-state index contributed by atoms with van der Waals surface area (Å²) in [6.07, 6.45) is 2.56. The molecule has 0 rings (SSSR count). The van der Waals surface area contributed by atoms with Gasteiger partial charge in [0.15, 0.2) is 0 Å². The van der Waals surface area contributed by atoms with E-state index in [1.165, 1.54) is 18.4 Å². The van der Waals surface area contributed by atoms with Gasteiger partial charge in [-0.2, -0.15) is 0 Å². The molecule has 0 saturated heterocycles. The van der Waals surface area contributed by atoms with Crippen molar-refractivity contribution in [3.05, 3.63) is 12.2 Å². The van der Waals surface area contributed by atoms with Gasteiger partial charge in [0.2, 0.25) is 0 Å². The first kappa shape index (κ1) is 11.7. The Kier molecular flexibility index (Phi) is 5.28. The minimum absolute atomic E-state index is 0.673. The molecular weight excluding hydrogens is 144 g/mol. The summed E-state index contributed by atoms with van der Waals surface area (Å²) in [4.78, 5) is 0. The van der Waals surface area contributed by atoms with Gasteiger partial charge in [-0.25, -0.2) is 0 Å². The topological polar surface area (TPSA) is 0 Å². The number of rotatable bonds is 5. The van der Waals surface area contributed by atoms with E-state index in [1.54, 1.807) is 0 Å². The van der Waals surface area contributed by atoms with Crippen molar-refractivity contribution < 1.29 is 0 Å². The van der Waals surface area contributed by atoms with E-state index in [-0.39, 0.29) is 0 Å². The minimum atomic E-state index is 0.673. The Hall–Kier alpha value is -0.260. The van der Waals surface area contributed by atoms with Crippen LogP contribution in [0.4, 0.5) is 0 Å². The molecule has 0 radical (unpaired) electrons. The first-order chi connectivity index (χ1) is 5.50. The summed E-state index contributed by atoms with van der Waals surface area (Å²) in [5, 5.41) is 0. The molecule has 12 heavy (non-hydrogen) atoms. The summed E-state index contributed by atoms with van der Waals surface area (Å²) in [5.41, 5.74) is 1.44. The van der Waals surface area contributed by atoms with Crippen LogP contribution in [0.1, 0.15) is 47.5 Å². The molecule has 72 valence electrons. The van der Waals surface area contributed by atoms with Gasteiger partial charge in [-0.15, -0.1) is 0 Å². The van der Waals surface area contributed by atoms with Crippen molar-refractivity contribution in [2.24, 2.45) is 17.8 Å². The number of hydrogen-bond donors (Lipinski definition) is 0. The van der Waals surface area contributed by atoms with Gasteiger partial charge in [0, 0.05) is 0 Å². The van der Waals surface area contributed by atoms with E-state index in [4.69, 9.17) is 0 Å². The van der Waals surface area contributed by atoms with Crippen molar-refractivity contribution in [1.82, 2.24) is 0 Å². The SMILES string of the molecule is C=C(C(C)CCC)C(C)C(C)C. The van der Waals surface area contributed by atoms with Crippen molar-refractivity contribution in [2.75, 3.05) is 0 Å². The summed E-state index contributed by atoms with van der Waals surface area (Å²) >= 11 is 0. The van der Waals surface area contributed by atoms with Gasteiger partial charge in [-0.3, -0.25) is 0 Å². The fraction of sp³-hybridized carbons (Fsp3) is 0.833. The molecule has 0 fully saturated rings. The van der Waals surface area contributed by atoms with Gasteiger partial charge in [-0.05, 0) is 24.2 Å². The van der Waals surface area contributed by atoms with Gasteiger partial charge < -0.3 is 0 Å². The van der Waals surface area contributed by atoms with Crippen LogP contribution in [0.15, 0.2) is 12.2 Å². The molecule has 0 bridgehead atoms. The van der Waals surface area contributed by atoms with E-state index < -0.39 is 0 Å². The fourth-order valence-corrected chi connectivity index (χ4v) is 1.50. The summed E-state index contributed by atoms with van der Waals surface area (Å²) < 4.78 is 0. The average molecular weight is 168 g/mol. The average Bonchev–Trinajstić information content (AvgIpc) is 2.02. The van der Waals surface area contributed by atoms with Crippen LogP contribution in [0.5, 0.6) is 0 Å². The predicted octanol–water partition coefficient (Wildman–Crippen LogP) is 4.27. The highest BCUT2D eigenvalue weighted by atomic mass is 14.2. The molecule has 0 spiro atoms. The van der Waals surface area contributed by atoms with Crippen LogP contribution in [0.25, 0.3) is 0 Å². The number of allylic oxidation sites excluding steroid dienone is 1. The molecule has 2 atom stereocenters. The zero-order valence-corrected chi connectivity index (χ0v) is 9.35. The molecule has 0 aliphatic rings. The van der Waals surface area contributed by atoms with Crippen LogP contribution < -0.4 is 0 Å². The van der Waals surface area contributed by atoms with E-state index in [0.717, 1.165) is 5.92 Å². The van der Waals surface area contributed by atoms with E-state index in [2.05, 4.69) is 41.2 Å². The third-order valence-electron chi connectivity index (χ3n) is 2.94. The third-order valence-corrected chi connectivity index (χ3v) is 2.94. The molecule has 0 nitrogen and oxygen atoms in total. The van der Waals surface area contributed by atoms with E-state index in [1.807, 2.05) is 0 Å². The van der Waals surface area contributed by atoms with Gasteiger partial charge in [-0.1, -0.05) is 53.2 Å². The van der Waals surface area contributed by atoms with Crippen molar-refractivity contribution in [1.29, 1.82) is 0 Å². The molecule has 0 amide bonds. The van der Waals surface area contributed by atoms with Crippen LogP contribution in [-0.2, 0) is 0 Å². The second-order valence-electron chi connectivity index (χ2n) is 4.30. The highest BCUT2D eigenvalue weighted by Gasteiger charge is 2.15. The zero-order valence-electron chi connectivity index (χ0n) is 9.35. The lowest BCUT2D eigenvalue weighted by Gasteiger charge is -2.23. The van der Waals surface area contributed by atoms with Gasteiger partial charge in [0.05, 0.1) is 0 Å². The Morgan fingerprint density at radius 3 is 2.00 bits per heavy atom. The molecular formula is C12H24. The Morgan fingerprint density at radius 1 is 1.17 bits per heavy atom. The first-order valence-corrected chi connectivity index (χ1v) is 5.19. The molecule has 0 heterocycles. The highest BCUT2D eigenvalue weighted by molar-refractivity contribution is 5.04. The predicted molar refractivity (Wildman–Crippen MR) is 57.2 cm³/mol. The quantitative estimate of drug-likeness (QED) is 0.538. The third kappa shape index (κ3) is 3.42. The van der Waals surface area contributed by atoms with E-state index in [0.29, 0.717) is 11.8 Å². The Labute approximate surface area is 78.1 Å². The zero-order chi connectivity index (χ0) is 9.72. The monoisotopic (exact) mass is 168 g/mol. The molecule has 0 heteroatoms. The van der Waals surface area contributed by atoms with Gasteiger partial charge in [0.1, 0.15) is 0 Å².